The number of ether oxygens (including phenoxy) is 2. The van der Waals surface area contributed by atoms with Crippen molar-refractivity contribution in [2.75, 3.05) is 13.7 Å². The van der Waals surface area contributed by atoms with Gasteiger partial charge in [0.05, 0.1) is 25.5 Å². The van der Waals surface area contributed by atoms with Gasteiger partial charge in [0.1, 0.15) is 11.5 Å². The molecule has 4 rings (SSSR count). The van der Waals surface area contributed by atoms with Gasteiger partial charge in [-0.05, 0) is 44.0 Å². The van der Waals surface area contributed by atoms with E-state index in [9.17, 15) is 0 Å². The predicted molar refractivity (Wildman–Crippen MR) is 102 cm³/mol. The number of aromatic nitrogens is 4. The number of hydrogen-bond donors (Lipinski definition) is 0. The number of rotatable bonds is 7. The number of hydrogen-bond acceptors (Lipinski definition) is 7. The molecule has 1 fully saturated rings. The van der Waals surface area contributed by atoms with E-state index in [4.69, 9.17) is 14.0 Å². The van der Waals surface area contributed by atoms with Gasteiger partial charge in [-0.2, -0.15) is 0 Å². The molecule has 3 aromatic rings. The summed E-state index contributed by atoms with van der Waals surface area (Å²) >= 11 is 1.61. The molecule has 142 valence electrons. The van der Waals surface area contributed by atoms with Gasteiger partial charge in [-0.3, -0.25) is 4.57 Å². The fourth-order valence-corrected chi connectivity index (χ4v) is 3.96. The van der Waals surface area contributed by atoms with Gasteiger partial charge in [-0.1, -0.05) is 16.9 Å². The molecule has 7 nitrogen and oxygen atoms in total. The Bertz CT molecular complexity index is 885. The van der Waals surface area contributed by atoms with Crippen molar-refractivity contribution in [1.82, 2.24) is 19.9 Å². The van der Waals surface area contributed by atoms with Crippen LogP contribution in [0.25, 0.3) is 11.4 Å². The van der Waals surface area contributed by atoms with E-state index in [1.165, 1.54) is 0 Å². The third kappa shape index (κ3) is 4.17. The molecule has 0 radical (unpaired) electrons. The maximum absolute atomic E-state index is 5.84. The van der Waals surface area contributed by atoms with Gasteiger partial charge >= 0.3 is 0 Å². The Hall–Kier alpha value is -2.32. The normalized spacial score (nSPS) is 16.7. The van der Waals surface area contributed by atoms with E-state index in [-0.39, 0.29) is 6.10 Å². The average molecular weight is 386 g/mol. The monoisotopic (exact) mass is 386 g/mol. The predicted octanol–water partition coefficient (Wildman–Crippen LogP) is 3.72. The van der Waals surface area contributed by atoms with Crippen molar-refractivity contribution in [2.45, 2.75) is 43.3 Å². The van der Waals surface area contributed by atoms with Crippen molar-refractivity contribution >= 4 is 11.8 Å². The van der Waals surface area contributed by atoms with Crippen LogP contribution in [0.15, 0.2) is 40.0 Å². The first kappa shape index (κ1) is 18.1. The van der Waals surface area contributed by atoms with Gasteiger partial charge in [-0.15, -0.1) is 10.2 Å². The molecule has 3 heterocycles. The smallest absolute Gasteiger partial charge is 0.191 e. The van der Waals surface area contributed by atoms with E-state index >= 15 is 0 Å². The molecule has 1 aliphatic rings. The Morgan fingerprint density at radius 3 is 2.78 bits per heavy atom. The highest BCUT2D eigenvalue weighted by molar-refractivity contribution is 7.98. The third-order valence-electron chi connectivity index (χ3n) is 4.50. The van der Waals surface area contributed by atoms with Crippen LogP contribution in [0.3, 0.4) is 0 Å². The lowest BCUT2D eigenvalue weighted by molar-refractivity contribution is 0.0953. The zero-order chi connectivity index (χ0) is 18.6. The molecule has 2 aromatic heterocycles. The number of nitrogens with zero attached hydrogens (tertiary/aromatic N) is 4. The van der Waals surface area contributed by atoms with Gasteiger partial charge in [0.25, 0.3) is 0 Å². The largest absolute Gasteiger partial charge is 0.497 e. The lowest BCUT2D eigenvalue weighted by Gasteiger charge is -2.14. The maximum atomic E-state index is 5.84. The molecule has 0 N–H and O–H groups in total. The molecule has 0 aliphatic carbocycles. The molecule has 1 unspecified atom stereocenters. The Morgan fingerprint density at radius 2 is 2.11 bits per heavy atom. The Kier molecular flexibility index (Phi) is 5.45. The summed E-state index contributed by atoms with van der Waals surface area (Å²) in [7, 11) is 1.66. The van der Waals surface area contributed by atoms with Crippen LogP contribution in [-0.2, 0) is 17.0 Å². The Balaban J connectivity index is 1.60. The zero-order valence-electron chi connectivity index (χ0n) is 15.4. The summed E-state index contributed by atoms with van der Waals surface area (Å²) in [6.45, 7) is 3.46. The molecule has 1 aliphatic heterocycles. The molecular formula is C19H22N4O3S. The second kappa shape index (κ2) is 8.14. The first-order valence-corrected chi connectivity index (χ1v) is 9.95. The van der Waals surface area contributed by atoms with Crippen LogP contribution in [0, 0.1) is 6.92 Å². The highest BCUT2D eigenvalue weighted by atomic mass is 32.2. The fraction of sp³-hybridized carbons (Fsp3) is 0.421. The van der Waals surface area contributed by atoms with Crippen LogP contribution in [0.1, 0.15) is 24.3 Å². The Labute approximate surface area is 162 Å². The average Bonchev–Trinajstić information content (AvgIpc) is 3.43. The van der Waals surface area contributed by atoms with E-state index in [0.717, 1.165) is 59.7 Å². The minimum absolute atomic E-state index is 0.201. The molecule has 1 atom stereocenters. The minimum Gasteiger partial charge on any atom is -0.497 e. The molecule has 1 aromatic carbocycles. The summed E-state index contributed by atoms with van der Waals surface area (Å²) < 4.78 is 18.4. The van der Waals surface area contributed by atoms with Crippen LogP contribution in [0.5, 0.6) is 5.75 Å². The second-order valence-corrected chi connectivity index (χ2v) is 7.44. The van der Waals surface area contributed by atoms with Crippen LogP contribution >= 0.6 is 11.8 Å². The topological polar surface area (TPSA) is 75.2 Å². The van der Waals surface area contributed by atoms with Crippen molar-refractivity contribution in [2.24, 2.45) is 0 Å². The number of benzene rings is 1. The summed E-state index contributed by atoms with van der Waals surface area (Å²) in [6.07, 6.45) is 2.37. The molecule has 8 heteroatoms. The van der Waals surface area contributed by atoms with Crippen LogP contribution < -0.4 is 4.74 Å². The second-order valence-electron chi connectivity index (χ2n) is 6.50. The fourth-order valence-electron chi connectivity index (χ4n) is 3.13. The highest BCUT2D eigenvalue weighted by Gasteiger charge is 2.22. The summed E-state index contributed by atoms with van der Waals surface area (Å²) in [5.41, 5.74) is 1.90. The maximum Gasteiger partial charge on any atom is 0.191 e. The first-order valence-electron chi connectivity index (χ1n) is 8.97. The minimum atomic E-state index is 0.201. The van der Waals surface area contributed by atoms with Gasteiger partial charge in [0.15, 0.2) is 11.0 Å². The van der Waals surface area contributed by atoms with E-state index in [2.05, 4.69) is 19.9 Å². The van der Waals surface area contributed by atoms with Crippen molar-refractivity contribution < 1.29 is 14.0 Å². The van der Waals surface area contributed by atoms with Gasteiger partial charge in [-0.25, -0.2) is 0 Å². The summed E-state index contributed by atoms with van der Waals surface area (Å²) in [4.78, 5) is 0. The lowest BCUT2D eigenvalue weighted by atomic mass is 10.2. The quantitative estimate of drug-likeness (QED) is 0.573. The number of methoxy groups -OCH3 is 1. The van der Waals surface area contributed by atoms with Crippen LogP contribution in [-0.4, -0.2) is 39.7 Å². The van der Waals surface area contributed by atoms with E-state index in [1.54, 1.807) is 18.9 Å². The zero-order valence-corrected chi connectivity index (χ0v) is 16.2. The van der Waals surface area contributed by atoms with E-state index < -0.39 is 0 Å². The summed E-state index contributed by atoms with van der Waals surface area (Å²) in [6, 6.07) is 9.82. The first-order chi connectivity index (χ1) is 13.2. The molecule has 0 amide bonds. The van der Waals surface area contributed by atoms with Crippen molar-refractivity contribution in [3.05, 3.63) is 41.8 Å². The molecule has 27 heavy (non-hydrogen) atoms. The number of aryl methyl sites for hydroxylation is 1. The molecule has 0 bridgehead atoms. The van der Waals surface area contributed by atoms with Crippen molar-refractivity contribution in [3.8, 4) is 17.1 Å². The summed E-state index contributed by atoms with van der Waals surface area (Å²) in [5.74, 6) is 3.15. The molecule has 0 spiro atoms. The molecular weight excluding hydrogens is 364 g/mol. The SMILES string of the molecule is COc1ccc(-c2nnc(SCc3cc(C)on3)n2CC2CCCO2)cc1. The van der Waals surface area contributed by atoms with Crippen molar-refractivity contribution in [1.29, 1.82) is 0 Å². The lowest BCUT2D eigenvalue weighted by Crippen LogP contribution is -2.16. The Morgan fingerprint density at radius 1 is 1.26 bits per heavy atom. The third-order valence-corrected chi connectivity index (χ3v) is 5.50. The highest BCUT2D eigenvalue weighted by Crippen LogP contribution is 2.29. The van der Waals surface area contributed by atoms with Crippen molar-refractivity contribution in [3.63, 3.8) is 0 Å². The van der Waals surface area contributed by atoms with Gasteiger partial charge in [0, 0.05) is 24.0 Å². The molecule has 1 saturated heterocycles. The van der Waals surface area contributed by atoms with E-state index in [1.807, 2.05) is 37.3 Å². The van der Waals surface area contributed by atoms with Gasteiger partial charge in [0.2, 0.25) is 0 Å². The standard InChI is InChI=1S/C19H22N4O3S/c1-13-10-15(22-26-13)12-27-19-21-20-18(14-5-7-16(24-2)8-6-14)23(19)11-17-4-3-9-25-17/h5-8,10,17H,3-4,9,11-12H2,1-2H3. The van der Waals surface area contributed by atoms with Crippen LogP contribution in [0.2, 0.25) is 0 Å². The van der Waals surface area contributed by atoms with Crippen LogP contribution in [0.4, 0.5) is 0 Å². The number of thioether (sulfide) groups is 1. The van der Waals surface area contributed by atoms with E-state index in [0.29, 0.717) is 5.75 Å². The summed E-state index contributed by atoms with van der Waals surface area (Å²) in [5, 5.41) is 13.8. The van der Waals surface area contributed by atoms with Gasteiger partial charge < -0.3 is 14.0 Å². The molecule has 0 saturated carbocycles.